The molecule has 0 saturated heterocycles. The molecule has 1 N–H and O–H groups in total. The van der Waals surface area contributed by atoms with Crippen LogP contribution in [0.2, 0.25) is 0 Å². The summed E-state index contributed by atoms with van der Waals surface area (Å²) in [5, 5.41) is 9.46. The summed E-state index contributed by atoms with van der Waals surface area (Å²) in [6.45, 7) is 6.90. The first-order valence-electron chi connectivity index (χ1n) is 7.43. The number of aliphatic carboxylic acids is 1. The average molecular weight is 325 g/mol. The molecule has 0 heterocycles. The van der Waals surface area contributed by atoms with E-state index < -0.39 is 35.3 Å². The van der Waals surface area contributed by atoms with Crippen LogP contribution in [0.3, 0.4) is 0 Å². The van der Waals surface area contributed by atoms with E-state index in [4.69, 9.17) is 4.74 Å². The third kappa shape index (κ3) is 5.88. The Bertz CT molecular complexity index is 568. The molecule has 1 amide bonds. The number of carbonyl (C=O) groups is 2. The highest BCUT2D eigenvalue weighted by molar-refractivity contribution is 5.73. The third-order valence-corrected chi connectivity index (χ3v) is 3.47. The zero-order valence-electron chi connectivity index (χ0n) is 14.2. The Kier molecular flexibility index (Phi) is 6.12. The zero-order chi connectivity index (χ0) is 17.8. The number of carboxylic acid groups (broad SMARTS) is 1. The molecule has 6 heteroatoms. The number of halogens is 1. The Morgan fingerprint density at radius 2 is 1.96 bits per heavy atom. The molecule has 0 bridgehead atoms. The number of rotatable bonds is 5. The molecule has 0 aromatic heterocycles. The summed E-state index contributed by atoms with van der Waals surface area (Å²) in [4.78, 5) is 24.8. The van der Waals surface area contributed by atoms with E-state index in [-0.39, 0.29) is 6.54 Å². The van der Waals surface area contributed by atoms with Crippen LogP contribution in [0.25, 0.3) is 0 Å². The minimum Gasteiger partial charge on any atom is -0.481 e. The van der Waals surface area contributed by atoms with Gasteiger partial charge < -0.3 is 14.7 Å². The van der Waals surface area contributed by atoms with Gasteiger partial charge in [-0.2, -0.15) is 0 Å². The van der Waals surface area contributed by atoms with Crippen molar-refractivity contribution in [1.82, 2.24) is 4.90 Å². The van der Waals surface area contributed by atoms with Gasteiger partial charge in [-0.05, 0) is 44.4 Å². The number of ether oxygens (including phenoxy) is 1. The van der Waals surface area contributed by atoms with Gasteiger partial charge in [0, 0.05) is 13.6 Å². The molecule has 128 valence electrons. The van der Waals surface area contributed by atoms with Crippen LogP contribution in [0.4, 0.5) is 9.18 Å². The van der Waals surface area contributed by atoms with E-state index in [1.807, 2.05) is 0 Å². The van der Waals surface area contributed by atoms with Crippen molar-refractivity contribution in [2.75, 3.05) is 13.6 Å². The lowest BCUT2D eigenvalue weighted by Gasteiger charge is -2.28. The van der Waals surface area contributed by atoms with Crippen molar-refractivity contribution < 1.29 is 23.8 Å². The second-order valence-corrected chi connectivity index (χ2v) is 6.65. The van der Waals surface area contributed by atoms with Crippen LogP contribution >= 0.6 is 0 Å². The van der Waals surface area contributed by atoms with Crippen LogP contribution in [0.5, 0.6) is 0 Å². The van der Waals surface area contributed by atoms with E-state index >= 15 is 0 Å². The number of hydrogen-bond donors (Lipinski definition) is 1. The molecule has 1 aromatic rings. The van der Waals surface area contributed by atoms with E-state index in [2.05, 4.69) is 0 Å². The van der Waals surface area contributed by atoms with E-state index in [0.29, 0.717) is 5.56 Å². The standard InChI is InChI=1S/C17H24FNO4/c1-11(12-7-6-8-13(18)9-12)14(15(20)21)10-19(5)16(22)23-17(2,3)4/h6-9,11,14H,10H2,1-5H3,(H,20,21)/t11-,14+/m0/s1. The lowest BCUT2D eigenvalue weighted by molar-refractivity contribution is -0.142. The van der Waals surface area contributed by atoms with Crippen LogP contribution in [0.1, 0.15) is 39.2 Å². The Morgan fingerprint density at radius 3 is 2.43 bits per heavy atom. The minimum absolute atomic E-state index is 0.0259. The van der Waals surface area contributed by atoms with E-state index in [0.717, 1.165) is 0 Å². The molecule has 23 heavy (non-hydrogen) atoms. The van der Waals surface area contributed by atoms with Crippen LogP contribution in [0.15, 0.2) is 24.3 Å². The largest absolute Gasteiger partial charge is 0.481 e. The number of nitrogens with zero attached hydrogens (tertiary/aromatic N) is 1. The number of carboxylic acids is 1. The Balaban J connectivity index is 2.87. The van der Waals surface area contributed by atoms with Gasteiger partial charge in [0.1, 0.15) is 11.4 Å². The average Bonchev–Trinajstić information content (AvgIpc) is 2.41. The van der Waals surface area contributed by atoms with Gasteiger partial charge in [0.25, 0.3) is 0 Å². The fourth-order valence-electron chi connectivity index (χ4n) is 2.18. The number of benzene rings is 1. The highest BCUT2D eigenvalue weighted by atomic mass is 19.1. The monoisotopic (exact) mass is 325 g/mol. The smallest absolute Gasteiger partial charge is 0.410 e. The fraction of sp³-hybridized carbons (Fsp3) is 0.529. The fourth-order valence-corrected chi connectivity index (χ4v) is 2.18. The predicted molar refractivity (Wildman–Crippen MR) is 84.8 cm³/mol. The van der Waals surface area contributed by atoms with Crippen molar-refractivity contribution >= 4 is 12.1 Å². The first-order chi connectivity index (χ1) is 10.5. The Morgan fingerprint density at radius 1 is 1.35 bits per heavy atom. The van der Waals surface area contributed by atoms with Gasteiger partial charge in [-0.1, -0.05) is 19.1 Å². The molecule has 1 aromatic carbocycles. The van der Waals surface area contributed by atoms with Gasteiger partial charge in [-0.15, -0.1) is 0 Å². The van der Waals surface area contributed by atoms with E-state index in [1.54, 1.807) is 33.8 Å². The highest BCUT2D eigenvalue weighted by Gasteiger charge is 2.30. The van der Waals surface area contributed by atoms with Crippen LogP contribution < -0.4 is 0 Å². The molecule has 1 rings (SSSR count). The molecule has 0 saturated carbocycles. The lowest BCUT2D eigenvalue weighted by atomic mass is 9.87. The van der Waals surface area contributed by atoms with Gasteiger partial charge in [-0.3, -0.25) is 4.79 Å². The van der Waals surface area contributed by atoms with Crippen LogP contribution in [-0.2, 0) is 9.53 Å². The van der Waals surface area contributed by atoms with Crippen molar-refractivity contribution in [3.05, 3.63) is 35.6 Å². The predicted octanol–water partition coefficient (Wildman–Crippen LogP) is 3.50. The maximum absolute atomic E-state index is 13.3. The van der Waals surface area contributed by atoms with E-state index in [9.17, 15) is 19.1 Å². The quantitative estimate of drug-likeness (QED) is 0.900. The van der Waals surface area contributed by atoms with Crippen LogP contribution in [-0.4, -0.2) is 41.3 Å². The topological polar surface area (TPSA) is 66.8 Å². The maximum Gasteiger partial charge on any atom is 0.410 e. The van der Waals surface area contributed by atoms with Crippen molar-refractivity contribution in [2.45, 2.75) is 39.2 Å². The molecule has 5 nitrogen and oxygen atoms in total. The van der Waals surface area contributed by atoms with Gasteiger partial charge in [0.05, 0.1) is 5.92 Å². The summed E-state index contributed by atoms with van der Waals surface area (Å²) in [6.07, 6.45) is -0.588. The molecular formula is C17H24FNO4. The minimum atomic E-state index is -1.04. The van der Waals surface area contributed by atoms with Gasteiger partial charge in [0.2, 0.25) is 0 Å². The molecule has 0 fully saturated rings. The van der Waals surface area contributed by atoms with Crippen molar-refractivity contribution in [3.63, 3.8) is 0 Å². The van der Waals surface area contributed by atoms with Gasteiger partial charge in [0.15, 0.2) is 0 Å². The second kappa shape index (κ2) is 7.44. The van der Waals surface area contributed by atoms with Crippen molar-refractivity contribution in [3.8, 4) is 0 Å². The molecular weight excluding hydrogens is 301 g/mol. The van der Waals surface area contributed by atoms with Crippen LogP contribution in [0, 0.1) is 11.7 Å². The Hall–Kier alpha value is -2.11. The van der Waals surface area contributed by atoms with Gasteiger partial charge in [-0.25, -0.2) is 9.18 Å². The molecule has 0 aliphatic rings. The second-order valence-electron chi connectivity index (χ2n) is 6.65. The summed E-state index contributed by atoms with van der Waals surface area (Å²) in [6, 6.07) is 5.84. The number of hydrogen-bond acceptors (Lipinski definition) is 3. The third-order valence-electron chi connectivity index (χ3n) is 3.47. The highest BCUT2D eigenvalue weighted by Crippen LogP contribution is 2.26. The molecule has 0 aliphatic carbocycles. The lowest BCUT2D eigenvalue weighted by Crippen LogP contribution is -2.40. The van der Waals surface area contributed by atoms with E-state index in [1.165, 1.54) is 30.1 Å². The molecule has 0 radical (unpaired) electrons. The summed E-state index contributed by atoms with van der Waals surface area (Å²) in [7, 11) is 1.49. The zero-order valence-corrected chi connectivity index (χ0v) is 14.2. The molecule has 0 unspecified atom stereocenters. The summed E-state index contributed by atoms with van der Waals surface area (Å²) in [5.74, 6) is -2.78. The first-order valence-corrected chi connectivity index (χ1v) is 7.43. The summed E-state index contributed by atoms with van der Waals surface area (Å²) >= 11 is 0. The molecule has 0 aliphatic heterocycles. The van der Waals surface area contributed by atoms with Crippen molar-refractivity contribution in [1.29, 1.82) is 0 Å². The first kappa shape index (κ1) is 18.9. The number of carbonyl (C=O) groups excluding carboxylic acids is 1. The summed E-state index contributed by atoms with van der Waals surface area (Å²) < 4.78 is 18.6. The SMILES string of the molecule is C[C@@H](c1cccc(F)c1)[C@@H](CN(C)C(=O)OC(C)(C)C)C(=O)O. The normalized spacial score (nSPS) is 14.0. The van der Waals surface area contributed by atoms with Crippen molar-refractivity contribution in [2.24, 2.45) is 5.92 Å². The molecule has 0 spiro atoms. The summed E-state index contributed by atoms with van der Waals surface area (Å²) in [5.41, 5.74) is -0.0758. The van der Waals surface area contributed by atoms with Gasteiger partial charge >= 0.3 is 12.1 Å². The Labute approximate surface area is 136 Å². The maximum atomic E-state index is 13.3. The molecule has 2 atom stereocenters. The number of amides is 1.